The second-order valence-electron chi connectivity index (χ2n) is 2.06. The Morgan fingerprint density at radius 1 is 1.45 bits per heavy atom. The van der Waals surface area contributed by atoms with E-state index in [0.717, 1.165) is 0 Å². The van der Waals surface area contributed by atoms with E-state index >= 15 is 0 Å². The van der Waals surface area contributed by atoms with E-state index in [4.69, 9.17) is 6.92 Å². The van der Waals surface area contributed by atoms with Gasteiger partial charge in [-0.3, -0.25) is 10.1 Å². The van der Waals surface area contributed by atoms with Gasteiger partial charge in [0.05, 0.1) is 4.92 Å². The highest BCUT2D eigenvalue weighted by atomic mass is 16.6. The molecule has 0 aromatic heterocycles. The highest BCUT2D eigenvalue weighted by molar-refractivity contribution is 5.39. The van der Waals surface area contributed by atoms with E-state index in [0.29, 0.717) is 5.56 Å². The van der Waals surface area contributed by atoms with Crippen LogP contribution < -0.4 is 0 Å². The zero-order valence-corrected chi connectivity index (χ0v) is 5.78. The molecule has 0 aliphatic rings. The summed E-state index contributed by atoms with van der Waals surface area (Å²) in [7, 11) is 0. The topological polar surface area (TPSA) is 43.1 Å². The van der Waals surface area contributed by atoms with Crippen molar-refractivity contribution in [3.05, 3.63) is 46.9 Å². The smallest absolute Gasteiger partial charge is 0.258 e. The van der Waals surface area contributed by atoms with Crippen LogP contribution in [0, 0.1) is 17.0 Å². The minimum absolute atomic E-state index is 0.0301. The minimum atomic E-state index is -0.468. The molecule has 0 fully saturated rings. The number of nitrogens with zero attached hydrogens (tertiary/aromatic N) is 1. The first-order valence-electron chi connectivity index (χ1n) is 3.12. The van der Waals surface area contributed by atoms with Crippen LogP contribution in [0.3, 0.4) is 0 Å². The number of hydrogen-bond donors (Lipinski definition) is 0. The number of benzene rings is 1. The van der Waals surface area contributed by atoms with Crippen LogP contribution >= 0.6 is 0 Å². The van der Waals surface area contributed by atoms with Crippen LogP contribution in [0.5, 0.6) is 0 Å². The fourth-order valence-electron chi connectivity index (χ4n) is 0.838. The van der Waals surface area contributed by atoms with Gasteiger partial charge in [-0.15, -0.1) is 0 Å². The van der Waals surface area contributed by atoms with E-state index in [1.807, 2.05) is 0 Å². The first kappa shape index (κ1) is 7.72. The van der Waals surface area contributed by atoms with Crippen LogP contribution in [-0.4, -0.2) is 4.92 Å². The van der Waals surface area contributed by atoms with Gasteiger partial charge in [-0.1, -0.05) is 18.2 Å². The molecule has 0 heterocycles. The number of nitro groups is 1. The van der Waals surface area contributed by atoms with Crippen LogP contribution in [-0.2, 0) is 6.42 Å². The Hall–Kier alpha value is -1.38. The summed E-state index contributed by atoms with van der Waals surface area (Å²) in [5.74, 6) is 0. The minimum Gasteiger partial charge on any atom is -0.258 e. The highest BCUT2D eigenvalue weighted by Crippen LogP contribution is 2.17. The van der Waals surface area contributed by atoms with Gasteiger partial charge in [0.15, 0.2) is 0 Å². The third-order valence-corrected chi connectivity index (χ3v) is 1.38. The molecule has 1 rings (SSSR count). The monoisotopic (exact) mass is 148 g/mol. The maximum absolute atomic E-state index is 10.3. The molecule has 0 saturated heterocycles. The number of rotatable bonds is 2. The van der Waals surface area contributed by atoms with Crippen LogP contribution in [0.2, 0.25) is 0 Å². The van der Waals surface area contributed by atoms with Crippen LogP contribution in [0.15, 0.2) is 24.3 Å². The van der Waals surface area contributed by atoms with Gasteiger partial charge >= 0.3 is 0 Å². The lowest BCUT2D eigenvalue weighted by Crippen LogP contribution is -1.92. The molecule has 11 heavy (non-hydrogen) atoms. The third-order valence-electron chi connectivity index (χ3n) is 1.38. The second kappa shape index (κ2) is 3.14. The molecule has 55 valence electrons. The molecule has 3 heteroatoms. The fourth-order valence-corrected chi connectivity index (χ4v) is 0.838. The predicted molar refractivity (Wildman–Crippen MR) is 40.0 cm³/mol. The number of para-hydroxylation sites is 1. The molecule has 0 N–H and O–H groups in total. The molecule has 0 saturated carbocycles. The average Bonchev–Trinajstić information content (AvgIpc) is 2.04. The first-order chi connectivity index (χ1) is 5.25. The summed E-state index contributed by atoms with van der Waals surface area (Å²) in [4.78, 5) is 9.83. The SMILES string of the molecule is [C]Cc1ccccc1[N+](=O)[O-]. The Kier molecular flexibility index (Phi) is 2.21. The molecular weight excluding hydrogens is 142 g/mol. The molecule has 0 atom stereocenters. The van der Waals surface area contributed by atoms with Gasteiger partial charge < -0.3 is 0 Å². The lowest BCUT2D eigenvalue weighted by Gasteiger charge is -1.96. The Labute approximate surface area is 64.8 Å². The van der Waals surface area contributed by atoms with Crippen molar-refractivity contribution in [3.8, 4) is 0 Å². The Balaban J connectivity index is 3.12. The summed E-state index contributed by atoms with van der Waals surface area (Å²) in [6, 6.07) is 6.28. The molecule has 0 amide bonds. The van der Waals surface area contributed by atoms with Gasteiger partial charge in [-0.2, -0.15) is 0 Å². The maximum atomic E-state index is 10.3. The molecule has 3 radical (unpaired) electrons. The van der Waals surface area contributed by atoms with E-state index in [9.17, 15) is 10.1 Å². The maximum Gasteiger partial charge on any atom is 0.272 e. The van der Waals surface area contributed by atoms with E-state index in [2.05, 4.69) is 0 Å². The van der Waals surface area contributed by atoms with Gasteiger partial charge in [-0.05, 0) is 13.3 Å². The molecule has 3 nitrogen and oxygen atoms in total. The molecule has 0 aliphatic heterocycles. The quantitative estimate of drug-likeness (QED) is 0.473. The Morgan fingerprint density at radius 3 is 2.55 bits per heavy atom. The van der Waals surface area contributed by atoms with Gasteiger partial charge in [-0.25, -0.2) is 0 Å². The molecule has 1 aromatic rings. The molecule has 0 spiro atoms. The average molecular weight is 148 g/mol. The summed E-state index contributed by atoms with van der Waals surface area (Å²) in [6.45, 7) is 6.97. The Morgan fingerprint density at radius 2 is 2.09 bits per heavy atom. The van der Waals surface area contributed by atoms with E-state index in [1.54, 1.807) is 18.2 Å². The molecule has 1 aromatic carbocycles. The van der Waals surface area contributed by atoms with E-state index < -0.39 is 4.92 Å². The second-order valence-corrected chi connectivity index (χ2v) is 2.06. The van der Waals surface area contributed by atoms with E-state index in [1.165, 1.54) is 6.07 Å². The first-order valence-corrected chi connectivity index (χ1v) is 3.12. The molecule has 0 aliphatic carbocycles. The summed E-state index contributed by atoms with van der Waals surface area (Å²) < 4.78 is 0. The predicted octanol–water partition coefficient (Wildman–Crippen LogP) is 1.73. The van der Waals surface area contributed by atoms with Crippen molar-refractivity contribution in [1.29, 1.82) is 0 Å². The third kappa shape index (κ3) is 1.55. The molecule has 0 bridgehead atoms. The van der Waals surface area contributed by atoms with Gasteiger partial charge in [0.2, 0.25) is 0 Å². The van der Waals surface area contributed by atoms with Gasteiger partial charge in [0.25, 0.3) is 5.69 Å². The van der Waals surface area contributed by atoms with Crippen LogP contribution in [0.1, 0.15) is 5.56 Å². The molecular formula is C8H6NO2. The summed E-state index contributed by atoms with van der Waals surface area (Å²) in [5, 5.41) is 10.3. The lowest BCUT2D eigenvalue weighted by atomic mass is 10.1. The normalized spacial score (nSPS) is 9.55. The summed E-state index contributed by atoms with van der Waals surface area (Å²) in [5.41, 5.74) is 0.486. The Bertz CT molecular complexity index is 271. The van der Waals surface area contributed by atoms with E-state index in [-0.39, 0.29) is 12.1 Å². The van der Waals surface area contributed by atoms with Crippen molar-refractivity contribution >= 4 is 5.69 Å². The summed E-state index contributed by atoms with van der Waals surface area (Å²) in [6.07, 6.45) is -0.0445. The largest absolute Gasteiger partial charge is 0.272 e. The lowest BCUT2D eigenvalue weighted by molar-refractivity contribution is -0.385. The fraction of sp³-hybridized carbons (Fsp3) is 0.125. The van der Waals surface area contributed by atoms with Crippen molar-refractivity contribution in [2.24, 2.45) is 0 Å². The zero-order valence-electron chi connectivity index (χ0n) is 5.78. The van der Waals surface area contributed by atoms with Crippen molar-refractivity contribution in [3.63, 3.8) is 0 Å². The standard InChI is InChI=1S/C8H6NO2/c1-2-7-5-3-4-6-8(7)9(10)11/h3-6H,2H2. The van der Waals surface area contributed by atoms with Crippen molar-refractivity contribution in [2.75, 3.05) is 0 Å². The number of nitro benzene ring substituents is 1. The van der Waals surface area contributed by atoms with Crippen molar-refractivity contribution < 1.29 is 4.92 Å². The van der Waals surface area contributed by atoms with Gasteiger partial charge in [0, 0.05) is 11.6 Å². The van der Waals surface area contributed by atoms with Crippen LogP contribution in [0.25, 0.3) is 0 Å². The van der Waals surface area contributed by atoms with Gasteiger partial charge in [0.1, 0.15) is 0 Å². The zero-order chi connectivity index (χ0) is 8.27. The number of hydrogen-bond acceptors (Lipinski definition) is 2. The van der Waals surface area contributed by atoms with Crippen molar-refractivity contribution in [2.45, 2.75) is 6.42 Å². The van der Waals surface area contributed by atoms with Crippen LogP contribution in [0.4, 0.5) is 5.69 Å². The summed E-state index contributed by atoms with van der Waals surface area (Å²) >= 11 is 0. The highest BCUT2D eigenvalue weighted by Gasteiger charge is 2.08. The van der Waals surface area contributed by atoms with Crippen molar-refractivity contribution in [1.82, 2.24) is 0 Å². The molecule has 0 unspecified atom stereocenters.